The van der Waals surface area contributed by atoms with Gasteiger partial charge in [0.2, 0.25) is 0 Å². The summed E-state index contributed by atoms with van der Waals surface area (Å²) in [4.78, 5) is 22.1. The van der Waals surface area contributed by atoms with Crippen LogP contribution in [0.3, 0.4) is 0 Å². The number of piperidine rings is 1. The maximum atomic E-state index is 12.9. The zero-order valence-electron chi connectivity index (χ0n) is 14.5. The predicted molar refractivity (Wildman–Crippen MR) is 95.6 cm³/mol. The van der Waals surface area contributed by atoms with E-state index < -0.39 is 5.82 Å². The highest BCUT2D eigenvalue weighted by atomic mass is 19.1. The molecule has 1 aliphatic heterocycles. The summed E-state index contributed by atoms with van der Waals surface area (Å²) in [5.74, 6) is -0.644. The van der Waals surface area contributed by atoms with Crippen LogP contribution in [0.2, 0.25) is 0 Å². The molecular weight excluding hydrogens is 349 g/mol. The minimum Gasteiger partial charge on any atom is -0.458 e. The van der Waals surface area contributed by atoms with Gasteiger partial charge in [0.25, 0.3) is 5.91 Å². The first kappa shape index (κ1) is 17.1. The molecule has 1 unspecified atom stereocenters. The molecule has 1 atom stereocenters. The standard InChI is InChI=1S/C19H18FN5O2/c20-14-10-21-19(22-11-14)27-15-7-4-8-25(12-15)18(26)17-9-16(23-24-17)13-5-2-1-3-6-13/h1-3,5-6,9-11,15H,4,7-8,12H2,(H,23,24). The summed E-state index contributed by atoms with van der Waals surface area (Å²) in [7, 11) is 0. The van der Waals surface area contributed by atoms with Crippen molar-refractivity contribution >= 4 is 5.91 Å². The number of carbonyl (C=O) groups is 1. The van der Waals surface area contributed by atoms with Crippen molar-refractivity contribution in [3.05, 3.63) is 60.3 Å². The van der Waals surface area contributed by atoms with Crippen LogP contribution >= 0.6 is 0 Å². The molecule has 1 saturated heterocycles. The zero-order valence-corrected chi connectivity index (χ0v) is 14.5. The fraction of sp³-hybridized carbons (Fsp3) is 0.263. The Morgan fingerprint density at radius 2 is 2.00 bits per heavy atom. The largest absolute Gasteiger partial charge is 0.458 e. The average molecular weight is 367 g/mol. The molecule has 1 aromatic carbocycles. The second-order valence-electron chi connectivity index (χ2n) is 6.35. The second kappa shape index (κ2) is 7.53. The number of benzene rings is 1. The molecule has 0 spiro atoms. The van der Waals surface area contributed by atoms with Gasteiger partial charge in [-0.05, 0) is 18.9 Å². The van der Waals surface area contributed by atoms with Gasteiger partial charge in [-0.3, -0.25) is 9.89 Å². The number of amides is 1. The lowest BCUT2D eigenvalue weighted by Gasteiger charge is -2.31. The normalized spacial score (nSPS) is 16.9. The van der Waals surface area contributed by atoms with Crippen LogP contribution in [0.4, 0.5) is 4.39 Å². The van der Waals surface area contributed by atoms with Crippen molar-refractivity contribution in [1.29, 1.82) is 0 Å². The van der Waals surface area contributed by atoms with Gasteiger partial charge < -0.3 is 9.64 Å². The van der Waals surface area contributed by atoms with E-state index in [2.05, 4.69) is 20.2 Å². The van der Waals surface area contributed by atoms with Crippen LogP contribution < -0.4 is 4.74 Å². The fourth-order valence-corrected chi connectivity index (χ4v) is 3.09. The summed E-state index contributed by atoms with van der Waals surface area (Å²) >= 11 is 0. The molecule has 8 heteroatoms. The minimum atomic E-state index is -0.517. The van der Waals surface area contributed by atoms with E-state index in [4.69, 9.17) is 4.74 Å². The van der Waals surface area contributed by atoms with Gasteiger partial charge in [0, 0.05) is 12.1 Å². The highest BCUT2D eigenvalue weighted by molar-refractivity contribution is 5.93. The molecule has 1 N–H and O–H groups in total. The quantitative estimate of drug-likeness (QED) is 0.766. The number of aromatic amines is 1. The van der Waals surface area contributed by atoms with Gasteiger partial charge in [-0.25, -0.2) is 14.4 Å². The maximum Gasteiger partial charge on any atom is 0.316 e. The molecule has 1 aliphatic rings. The number of hydrogen-bond donors (Lipinski definition) is 1. The smallest absolute Gasteiger partial charge is 0.316 e. The number of halogens is 1. The molecule has 138 valence electrons. The fourth-order valence-electron chi connectivity index (χ4n) is 3.09. The highest BCUT2D eigenvalue weighted by Crippen LogP contribution is 2.20. The Kier molecular flexibility index (Phi) is 4.78. The van der Waals surface area contributed by atoms with Crippen molar-refractivity contribution in [3.63, 3.8) is 0 Å². The first-order chi connectivity index (χ1) is 13.2. The van der Waals surface area contributed by atoms with Crippen LogP contribution in [0.15, 0.2) is 48.8 Å². The topological polar surface area (TPSA) is 84.0 Å². The molecule has 2 aromatic heterocycles. The Labute approximate surface area is 155 Å². The van der Waals surface area contributed by atoms with E-state index in [0.29, 0.717) is 18.8 Å². The number of nitrogens with one attached hydrogen (secondary N) is 1. The third kappa shape index (κ3) is 3.94. The van der Waals surface area contributed by atoms with Crippen LogP contribution in [0.25, 0.3) is 11.3 Å². The van der Waals surface area contributed by atoms with E-state index in [9.17, 15) is 9.18 Å². The summed E-state index contributed by atoms with van der Waals surface area (Å²) in [5.41, 5.74) is 2.11. The Morgan fingerprint density at radius 1 is 1.22 bits per heavy atom. The van der Waals surface area contributed by atoms with E-state index in [1.54, 1.807) is 11.0 Å². The van der Waals surface area contributed by atoms with Crippen LogP contribution in [0.1, 0.15) is 23.3 Å². The van der Waals surface area contributed by atoms with Crippen LogP contribution in [-0.4, -0.2) is 50.2 Å². The van der Waals surface area contributed by atoms with Gasteiger partial charge in [0.1, 0.15) is 11.8 Å². The first-order valence-corrected chi connectivity index (χ1v) is 8.73. The molecular formula is C19H18FN5O2. The number of H-pyrrole nitrogens is 1. The Bertz CT molecular complexity index is 913. The lowest BCUT2D eigenvalue weighted by atomic mass is 10.1. The summed E-state index contributed by atoms with van der Waals surface area (Å²) in [6, 6.07) is 11.5. The Balaban J connectivity index is 1.43. The van der Waals surface area contributed by atoms with Gasteiger partial charge in [0.05, 0.1) is 24.6 Å². The third-order valence-corrected chi connectivity index (χ3v) is 4.41. The first-order valence-electron chi connectivity index (χ1n) is 8.73. The number of aromatic nitrogens is 4. The summed E-state index contributed by atoms with van der Waals surface area (Å²) in [6.07, 6.45) is 3.47. The molecule has 0 aliphatic carbocycles. The SMILES string of the molecule is O=C(c1cc(-c2ccccc2)n[nH]1)N1CCCC(Oc2ncc(F)cn2)C1. The monoisotopic (exact) mass is 367 g/mol. The van der Waals surface area contributed by atoms with E-state index in [1.807, 2.05) is 30.3 Å². The van der Waals surface area contributed by atoms with Crippen molar-refractivity contribution in [3.8, 4) is 17.3 Å². The molecule has 27 heavy (non-hydrogen) atoms. The van der Waals surface area contributed by atoms with E-state index in [1.165, 1.54) is 0 Å². The number of ether oxygens (including phenoxy) is 1. The molecule has 1 fully saturated rings. The lowest BCUT2D eigenvalue weighted by molar-refractivity contribution is 0.0510. The van der Waals surface area contributed by atoms with Crippen molar-refractivity contribution < 1.29 is 13.9 Å². The lowest BCUT2D eigenvalue weighted by Crippen LogP contribution is -2.44. The molecule has 1 amide bonds. The molecule has 0 bridgehead atoms. The van der Waals surface area contributed by atoms with Crippen molar-refractivity contribution in [2.75, 3.05) is 13.1 Å². The number of nitrogens with zero attached hydrogens (tertiary/aromatic N) is 4. The number of likely N-dealkylation sites (tertiary alicyclic amines) is 1. The zero-order chi connectivity index (χ0) is 18.6. The molecule has 7 nitrogen and oxygen atoms in total. The third-order valence-electron chi connectivity index (χ3n) is 4.41. The van der Waals surface area contributed by atoms with Gasteiger partial charge in [-0.1, -0.05) is 30.3 Å². The van der Waals surface area contributed by atoms with Gasteiger partial charge in [-0.15, -0.1) is 0 Å². The molecule has 4 rings (SSSR count). The van der Waals surface area contributed by atoms with Crippen molar-refractivity contribution in [2.45, 2.75) is 18.9 Å². The second-order valence-corrected chi connectivity index (χ2v) is 6.35. The van der Waals surface area contributed by atoms with Gasteiger partial charge in [0.15, 0.2) is 5.82 Å². The summed E-state index contributed by atoms with van der Waals surface area (Å²) in [6.45, 7) is 1.06. The van der Waals surface area contributed by atoms with E-state index >= 15 is 0 Å². The predicted octanol–water partition coefficient (Wildman–Crippen LogP) is 2.69. The molecule has 3 aromatic rings. The average Bonchev–Trinajstić information content (AvgIpc) is 3.20. The minimum absolute atomic E-state index is 0.114. The van der Waals surface area contributed by atoms with Gasteiger partial charge in [-0.2, -0.15) is 5.10 Å². The Morgan fingerprint density at radius 3 is 2.78 bits per heavy atom. The molecule has 0 radical (unpaired) electrons. The number of rotatable bonds is 4. The van der Waals surface area contributed by atoms with Crippen LogP contribution in [-0.2, 0) is 0 Å². The highest BCUT2D eigenvalue weighted by Gasteiger charge is 2.27. The molecule has 3 heterocycles. The van der Waals surface area contributed by atoms with Gasteiger partial charge >= 0.3 is 6.01 Å². The molecule has 0 saturated carbocycles. The van der Waals surface area contributed by atoms with Crippen molar-refractivity contribution in [2.24, 2.45) is 0 Å². The number of carbonyl (C=O) groups excluding carboxylic acids is 1. The van der Waals surface area contributed by atoms with Crippen LogP contribution in [0, 0.1) is 5.82 Å². The van der Waals surface area contributed by atoms with E-state index in [-0.39, 0.29) is 18.0 Å². The van der Waals surface area contributed by atoms with Crippen LogP contribution in [0.5, 0.6) is 6.01 Å². The Hall–Kier alpha value is -3.29. The van der Waals surface area contributed by atoms with Crippen molar-refractivity contribution in [1.82, 2.24) is 25.1 Å². The number of hydrogen-bond acceptors (Lipinski definition) is 5. The van der Waals surface area contributed by atoms with E-state index in [0.717, 1.165) is 36.5 Å². The summed E-state index contributed by atoms with van der Waals surface area (Å²) in [5, 5.41) is 7.06. The maximum absolute atomic E-state index is 12.9. The summed E-state index contributed by atoms with van der Waals surface area (Å²) < 4.78 is 18.6.